The predicted octanol–water partition coefficient (Wildman–Crippen LogP) is 4.51. The summed E-state index contributed by atoms with van der Waals surface area (Å²) in [5, 5.41) is 9.84. The van der Waals surface area contributed by atoms with E-state index in [1.165, 1.54) is 0 Å². The molecule has 2 aromatic carbocycles. The van der Waals surface area contributed by atoms with Crippen molar-refractivity contribution in [3.05, 3.63) is 46.4 Å². The number of aromatic hydroxyl groups is 1. The van der Waals surface area contributed by atoms with E-state index >= 15 is 0 Å². The number of fused-ring (bicyclic) bond motifs is 1. The van der Waals surface area contributed by atoms with Crippen LogP contribution >= 0.6 is 23.2 Å². The van der Waals surface area contributed by atoms with Gasteiger partial charge in [0.15, 0.2) is 11.3 Å². The van der Waals surface area contributed by atoms with Crippen molar-refractivity contribution in [1.82, 2.24) is 4.98 Å². The number of halogens is 2. The zero-order chi connectivity index (χ0) is 12.7. The van der Waals surface area contributed by atoms with Crippen molar-refractivity contribution in [1.29, 1.82) is 0 Å². The lowest BCUT2D eigenvalue weighted by molar-refractivity contribution is 0.476. The van der Waals surface area contributed by atoms with Gasteiger partial charge in [-0.05, 0) is 24.3 Å². The molecule has 5 heteroatoms. The number of rotatable bonds is 1. The number of nitrogens with zero attached hydrogens (tertiary/aromatic N) is 1. The van der Waals surface area contributed by atoms with E-state index in [9.17, 15) is 5.11 Å². The molecule has 3 nitrogen and oxygen atoms in total. The standard InChI is InChI=1S/C13H7Cl2NO2/c14-8-5-7(6-9(15)12(8)17)13-16-10-3-1-2-4-11(10)18-13/h1-6,17H. The van der Waals surface area contributed by atoms with Crippen LogP contribution in [0.5, 0.6) is 5.75 Å². The Bertz CT molecular complexity index is 681. The quantitative estimate of drug-likeness (QED) is 0.713. The highest BCUT2D eigenvalue weighted by Crippen LogP contribution is 2.36. The second-order valence-electron chi connectivity index (χ2n) is 3.78. The zero-order valence-corrected chi connectivity index (χ0v) is 10.5. The van der Waals surface area contributed by atoms with Gasteiger partial charge >= 0.3 is 0 Å². The Morgan fingerprint density at radius 3 is 2.39 bits per heavy atom. The maximum Gasteiger partial charge on any atom is 0.227 e. The molecule has 1 N–H and O–H groups in total. The first kappa shape index (κ1) is 11.4. The first-order valence-electron chi connectivity index (χ1n) is 5.19. The fraction of sp³-hybridized carbons (Fsp3) is 0. The molecule has 1 heterocycles. The average molecular weight is 280 g/mol. The molecule has 1 aromatic heterocycles. The highest BCUT2D eigenvalue weighted by molar-refractivity contribution is 6.37. The van der Waals surface area contributed by atoms with Gasteiger partial charge < -0.3 is 9.52 Å². The maximum atomic E-state index is 9.50. The summed E-state index contributed by atoms with van der Waals surface area (Å²) in [7, 11) is 0. The topological polar surface area (TPSA) is 46.3 Å². The number of phenols is 1. The third kappa shape index (κ3) is 1.82. The van der Waals surface area contributed by atoms with Crippen molar-refractivity contribution in [2.45, 2.75) is 0 Å². The summed E-state index contributed by atoms with van der Waals surface area (Å²) in [5.41, 5.74) is 2.07. The summed E-state index contributed by atoms with van der Waals surface area (Å²) in [4.78, 5) is 4.33. The van der Waals surface area contributed by atoms with Crippen molar-refractivity contribution < 1.29 is 9.52 Å². The largest absolute Gasteiger partial charge is 0.505 e. The van der Waals surface area contributed by atoms with Crippen LogP contribution in [0, 0.1) is 0 Å². The molecular formula is C13H7Cl2NO2. The SMILES string of the molecule is Oc1c(Cl)cc(-c2nc3ccccc3o2)cc1Cl. The van der Waals surface area contributed by atoms with Crippen LogP contribution in [0.15, 0.2) is 40.8 Å². The molecule has 90 valence electrons. The van der Waals surface area contributed by atoms with Gasteiger partial charge in [-0.3, -0.25) is 0 Å². The molecule has 0 radical (unpaired) electrons. The van der Waals surface area contributed by atoms with E-state index in [1.54, 1.807) is 12.1 Å². The molecule has 0 saturated heterocycles. The van der Waals surface area contributed by atoms with Gasteiger partial charge in [-0.25, -0.2) is 4.98 Å². The Kier molecular flexibility index (Phi) is 2.65. The Balaban J connectivity index is 2.20. The van der Waals surface area contributed by atoms with Crippen LogP contribution in [0.1, 0.15) is 0 Å². The number of phenolic OH excluding ortho intramolecular Hbond substituents is 1. The van der Waals surface area contributed by atoms with Gasteiger partial charge in [-0.1, -0.05) is 35.3 Å². The second-order valence-corrected chi connectivity index (χ2v) is 4.59. The monoisotopic (exact) mass is 279 g/mol. The minimum absolute atomic E-state index is 0.141. The molecule has 3 rings (SSSR count). The van der Waals surface area contributed by atoms with E-state index in [2.05, 4.69) is 4.98 Å². The van der Waals surface area contributed by atoms with Crippen LogP contribution in [-0.2, 0) is 0 Å². The molecule has 0 aliphatic carbocycles. The molecule has 0 saturated carbocycles. The molecule has 3 aromatic rings. The van der Waals surface area contributed by atoms with E-state index in [-0.39, 0.29) is 15.8 Å². The van der Waals surface area contributed by atoms with E-state index in [1.807, 2.05) is 24.3 Å². The summed E-state index contributed by atoms with van der Waals surface area (Å²) < 4.78 is 5.59. The van der Waals surface area contributed by atoms with Crippen molar-refractivity contribution >= 4 is 34.3 Å². The Hall–Kier alpha value is -1.71. The average Bonchev–Trinajstić information content (AvgIpc) is 2.79. The molecule has 0 fully saturated rings. The van der Waals surface area contributed by atoms with E-state index in [4.69, 9.17) is 27.6 Å². The van der Waals surface area contributed by atoms with Crippen LogP contribution in [0.3, 0.4) is 0 Å². The van der Waals surface area contributed by atoms with Gasteiger partial charge in [0.05, 0.1) is 10.0 Å². The van der Waals surface area contributed by atoms with Gasteiger partial charge in [0.2, 0.25) is 5.89 Å². The van der Waals surface area contributed by atoms with Gasteiger partial charge in [0.25, 0.3) is 0 Å². The van der Waals surface area contributed by atoms with Crippen LogP contribution in [-0.4, -0.2) is 10.1 Å². The van der Waals surface area contributed by atoms with Crippen LogP contribution < -0.4 is 0 Å². The molecule has 0 unspecified atom stereocenters. The summed E-state index contributed by atoms with van der Waals surface area (Å²) in [6.07, 6.45) is 0. The molecular weight excluding hydrogens is 273 g/mol. The number of hydrogen-bond donors (Lipinski definition) is 1. The third-order valence-electron chi connectivity index (χ3n) is 2.56. The Morgan fingerprint density at radius 1 is 1.06 bits per heavy atom. The highest BCUT2D eigenvalue weighted by atomic mass is 35.5. The van der Waals surface area contributed by atoms with Crippen molar-refractivity contribution in [2.24, 2.45) is 0 Å². The summed E-state index contributed by atoms with van der Waals surface area (Å²) >= 11 is 11.7. The number of para-hydroxylation sites is 2. The number of hydrogen-bond acceptors (Lipinski definition) is 3. The lowest BCUT2D eigenvalue weighted by atomic mass is 10.2. The lowest BCUT2D eigenvalue weighted by Gasteiger charge is -2.01. The summed E-state index contributed by atoms with van der Waals surface area (Å²) in [6, 6.07) is 10.6. The zero-order valence-electron chi connectivity index (χ0n) is 9.02. The molecule has 0 bridgehead atoms. The second kappa shape index (κ2) is 4.19. The third-order valence-corrected chi connectivity index (χ3v) is 3.13. The number of oxazole rings is 1. The molecule has 18 heavy (non-hydrogen) atoms. The summed E-state index contributed by atoms with van der Waals surface area (Å²) in [6.45, 7) is 0. The fourth-order valence-corrected chi connectivity index (χ4v) is 2.17. The Labute approximate surface area is 113 Å². The number of benzene rings is 2. The molecule has 0 aliphatic heterocycles. The van der Waals surface area contributed by atoms with Crippen molar-refractivity contribution in [3.63, 3.8) is 0 Å². The molecule has 0 spiro atoms. The van der Waals surface area contributed by atoms with Crippen LogP contribution in [0.25, 0.3) is 22.6 Å². The minimum atomic E-state index is -0.141. The normalized spacial score (nSPS) is 11.0. The van der Waals surface area contributed by atoms with Gasteiger partial charge in [0, 0.05) is 5.56 Å². The van der Waals surface area contributed by atoms with E-state index < -0.39 is 0 Å². The Morgan fingerprint density at radius 2 is 1.72 bits per heavy atom. The van der Waals surface area contributed by atoms with Crippen LogP contribution in [0.2, 0.25) is 10.0 Å². The minimum Gasteiger partial charge on any atom is -0.505 e. The molecule has 0 amide bonds. The van der Waals surface area contributed by atoms with Gasteiger partial charge in [-0.15, -0.1) is 0 Å². The first-order chi connectivity index (χ1) is 8.65. The molecule has 0 atom stereocenters. The van der Waals surface area contributed by atoms with Crippen LogP contribution in [0.4, 0.5) is 0 Å². The first-order valence-corrected chi connectivity index (χ1v) is 5.95. The van der Waals surface area contributed by atoms with Crippen molar-refractivity contribution in [2.75, 3.05) is 0 Å². The fourth-order valence-electron chi connectivity index (χ4n) is 1.68. The lowest BCUT2D eigenvalue weighted by Crippen LogP contribution is -1.79. The van der Waals surface area contributed by atoms with Crippen molar-refractivity contribution in [3.8, 4) is 17.2 Å². The van der Waals surface area contributed by atoms with E-state index in [0.717, 1.165) is 5.52 Å². The maximum absolute atomic E-state index is 9.50. The smallest absolute Gasteiger partial charge is 0.227 e. The number of aromatic nitrogens is 1. The predicted molar refractivity (Wildman–Crippen MR) is 71.1 cm³/mol. The highest BCUT2D eigenvalue weighted by Gasteiger charge is 2.12. The van der Waals surface area contributed by atoms with Gasteiger partial charge in [0.1, 0.15) is 5.52 Å². The van der Waals surface area contributed by atoms with E-state index in [0.29, 0.717) is 17.0 Å². The summed E-state index contributed by atoms with van der Waals surface area (Å²) in [5.74, 6) is 0.276. The van der Waals surface area contributed by atoms with Gasteiger partial charge in [-0.2, -0.15) is 0 Å². The molecule has 0 aliphatic rings.